The van der Waals surface area contributed by atoms with E-state index in [1.54, 1.807) is 0 Å². The fourth-order valence-electron chi connectivity index (χ4n) is 2.85. The van der Waals surface area contributed by atoms with Crippen molar-refractivity contribution in [1.82, 2.24) is 4.90 Å². The predicted molar refractivity (Wildman–Crippen MR) is 79.7 cm³/mol. The van der Waals surface area contributed by atoms with Gasteiger partial charge in [-0.25, -0.2) is 0 Å². The average Bonchev–Trinajstić information content (AvgIpc) is 2.74. The molecule has 1 fully saturated rings. The summed E-state index contributed by atoms with van der Waals surface area (Å²) in [5.41, 5.74) is 3.84. The van der Waals surface area contributed by atoms with Crippen LogP contribution in [0.15, 0.2) is 18.2 Å². The largest absolute Gasteiger partial charge is 0.373 e. The number of halogens is 1. The van der Waals surface area contributed by atoms with E-state index in [4.69, 9.17) is 11.6 Å². The molecule has 2 nitrogen and oxygen atoms in total. The number of likely N-dealkylation sites (tertiary alicyclic amines) is 1. The topological polar surface area (TPSA) is 6.48 Å². The Kier molecular flexibility index (Phi) is 4.52. The first kappa shape index (κ1) is 13.7. The fraction of sp³-hybridized carbons (Fsp3) is 0.600. The van der Waals surface area contributed by atoms with Gasteiger partial charge in [0.25, 0.3) is 0 Å². The van der Waals surface area contributed by atoms with Crippen LogP contribution >= 0.6 is 11.6 Å². The van der Waals surface area contributed by atoms with Crippen molar-refractivity contribution in [3.05, 3.63) is 29.3 Å². The Labute approximate surface area is 116 Å². The van der Waals surface area contributed by atoms with Gasteiger partial charge in [-0.1, -0.05) is 12.1 Å². The Balaban J connectivity index is 2.06. The van der Waals surface area contributed by atoms with Crippen molar-refractivity contribution in [3.8, 4) is 0 Å². The molecule has 1 aliphatic rings. The second-order valence-electron chi connectivity index (χ2n) is 5.41. The summed E-state index contributed by atoms with van der Waals surface area (Å²) in [5.74, 6) is 0.593. The number of anilines is 1. The van der Waals surface area contributed by atoms with Crippen LogP contribution in [-0.2, 0) is 5.88 Å². The second-order valence-corrected chi connectivity index (χ2v) is 5.68. The third kappa shape index (κ3) is 2.99. The minimum absolute atomic E-state index is 0.593. The van der Waals surface area contributed by atoms with Crippen molar-refractivity contribution in [2.45, 2.75) is 31.7 Å². The third-order valence-corrected chi connectivity index (χ3v) is 4.29. The molecular weight excluding hydrogens is 244 g/mol. The maximum Gasteiger partial charge on any atom is 0.0474 e. The number of hydrogen-bond donors (Lipinski definition) is 0. The van der Waals surface area contributed by atoms with Crippen LogP contribution in [0.2, 0.25) is 0 Å². The van der Waals surface area contributed by atoms with Gasteiger partial charge in [0.2, 0.25) is 0 Å². The van der Waals surface area contributed by atoms with Crippen LogP contribution in [0.5, 0.6) is 0 Å². The Morgan fingerprint density at radius 2 is 2.22 bits per heavy atom. The van der Waals surface area contributed by atoms with Gasteiger partial charge in [-0.3, -0.25) is 0 Å². The summed E-state index contributed by atoms with van der Waals surface area (Å²) in [6.45, 7) is 4.51. The highest BCUT2D eigenvalue weighted by molar-refractivity contribution is 6.17. The van der Waals surface area contributed by atoms with Crippen molar-refractivity contribution in [2.24, 2.45) is 0 Å². The normalized spacial score (nSPS) is 20.3. The molecule has 1 aromatic carbocycles. The fourth-order valence-corrected chi connectivity index (χ4v) is 3.02. The molecule has 100 valence electrons. The molecule has 18 heavy (non-hydrogen) atoms. The van der Waals surface area contributed by atoms with E-state index in [9.17, 15) is 0 Å². The molecule has 1 aromatic rings. The van der Waals surface area contributed by atoms with E-state index in [2.05, 4.69) is 49.0 Å². The lowest BCUT2D eigenvalue weighted by molar-refractivity contribution is 0.314. The molecule has 0 aliphatic carbocycles. The van der Waals surface area contributed by atoms with Gasteiger partial charge < -0.3 is 9.80 Å². The lowest BCUT2D eigenvalue weighted by atomic mass is 10.1. The maximum absolute atomic E-state index is 5.87. The van der Waals surface area contributed by atoms with Crippen molar-refractivity contribution >= 4 is 17.3 Å². The molecule has 1 atom stereocenters. The molecule has 1 unspecified atom stereocenters. The van der Waals surface area contributed by atoms with Gasteiger partial charge in [0.15, 0.2) is 0 Å². The van der Waals surface area contributed by atoms with Gasteiger partial charge in [-0.05, 0) is 50.6 Å². The number of aryl methyl sites for hydroxylation is 1. The van der Waals surface area contributed by atoms with Crippen molar-refractivity contribution in [2.75, 3.05) is 32.1 Å². The molecule has 1 heterocycles. The summed E-state index contributed by atoms with van der Waals surface area (Å²) in [6.07, 6.45) is 2.65. The number of likely N-dealkylation sites (N-methyl/N-ethyl adjacent to an activating group) is 2. The molecule has 0 N–H and O–H groups in total. The molecule has 0 spiro atoms. The zero-order valence-electron chi connectivity index (χ0n) is 11.6. The first-order chi connectivity index (χ1) is 8.61. The molecule has 0 bridgehead atoms. The molecule has 0 radical (unpaired) electrons. The van der Waals surface area contributed by atoms with Crippen LogP contribution in [0, 0.1) is 6.92 Å². The van der Waals surface area contributed by atoms with E-state index in [-0.39, 0.29) is 0 Å². The Morgan fingerprint density at radius 3 is 2.78 bits per heavy atom. The molecule has 0 saturated carbocycles. The third-order valence-electron chi connectivity index (χ3n) is 3.98. The summed E-state index contributed by atoms with van der Waals surface area (Å²) in [7, 11) is 4.42. The van der Waals surface area contributed by atoms with E-state index in [1.165, 1.54) is 36.2 Å². The highest BCUT2D eigenvalue weighted by Gasteiger charge is 2.22. The van der Waals surface area contributed by atoms with Crippen molar-refractivity contribution in [3.63, 3.8) is 0 Å². The van der Waals surface area contributed by atoms with E-state index < -0.39 is 0 Å². The Hall–Kier alpha value is -0.730. The van der Waals surface area contributed by atoms with E-state index in [1.807, 2.05) is 0 Å². The van der Waals surface area contributed by atoms with Crippen molar-refractivity contribution < 1.29 is 0 Å². The van der Waals surface area contributed by atoms with Crippen LogP contribution < -0.4 is 4.90 Å². The first-order valence-corrected chi connectivity index (χ1v) is 7.22. The van der Waals surface area contributed by atoms with Gasteiger partial charge in [0.05, 0.1) is 0 Å². The van der Waals surface area contributed by atoms with E-state index >= 15 is 0 Å². The van der Waals surface area contributed by atoms with E-state index in [0.717, 1.165) is 6.54 Å². The minimum Gasteiger partial charge on any atom is -0.373 e. The Bertz CT molecular complexity index is 405. The second kappa shape index (κ2) is 5.94. The van der Waals surface area contributed by atoms with Gasteiger partial charge in [0.1, 0.15) is 0 Å². The lowest BCUT2D eigenvalue weighted by Crippen LogP contribution is -2.36. The number of hydrogen-bond acceptors (Lipinski definition) is 2. The summed E-state index contributed by atoms with van der Waals surface area (Å²) in [6, 6.07) is 7.21. The first-order valence-electron chi connectivity index (χ1n) is 6.68. The highest BCUT2D eigenvalue weighted by atomic mass is 35.5. The van der Waals surface area contributed by atoms with Gasteiger partial charge in [0, 0.05) is 31.2 Å². The molecule has 0 aromatic heterocycles. The van der Waals surface area contributed by atoms with E-state index in [0.29, 0.717) is 11.9 Å². The number of rotatable bonds is 4. The molecule has 3 heteroatoms. The van der Waals surface area contributed by atoms with Gasteiger partial charge in [-0.2, -0.15) is 0 Å². The molecule has 2 rings (SSSR count). The summed E-state index contributed by atoms with van der Waals surface area (Å²) >= 11 is 5.87. The summed E-state index contributed by atoms with van der Waals surface area (Å²) in [4.78, 5) is 4.85. The zero-order valence-corrected chi connectivity index (χ0v) is 12.4. The van der Waals surface area contributed by atoms with Crippen LogP contribution in [0.25, 0.3) is 0 Å². The van der Waals surface area contributed by atoms with Crippen LogP contribution in [0.1, 0.15) is 24.0 Å². The van der Waals surface area contributed by atoms with Crippen LogP contribution in [-0.4, -0.2) is 38.1 Å². The standard InChI is InChI=1S/C15H23ClN2/c1-12-9-13(10-16)6-7-15(12)18(3)11-14-5-4-8-17(14)2/h6-7,9,14H,4-5,8,10-11H2,1-3H3. The lowest BCUT2D eigenvalue weighted by Gasteiger charge is -2.28. The number of benzene rings is 1. The van der Waals surface area contributed by atoms with Crippen LogP contribution in [0.3, 0.4) is 0 Å². The Morgan fingerprint density at radius 1 is 1.44 bits per heavy atom. The van der Waals surface area contributed by atoms with Gasteiger partial charge >= 0.3 is 0 Å². The number of alkyl halides is 1. The maximum atomic E-state index is 5.87. The van der Waals surface area contributed by atoms with Crippen molar-refractivity contribution in [1.29, 1.82) is 0 Å². The molecule has 1 saturated heterocycles. The average molecular weight is 267 g/mol. The summed E-state index contributed by atoms with van der Waals surface area (Å²) < 4.78 is 0. The number of nitrogens with zero attached hydrogens (tertiary/aromatic N) is 2. The zero-order chi connectivity index (χ0) is 13.1. The predicted octanol–water partition coefficient (Wildman–Crippen LogP) is 3.26. The quantitative estimate of drug-likeness (QED) is 0.772. The van der Waals surface area contributed by atoms with Gasteiger partial charge in [-0.15, -0.1) is 11.6 Å². The van der Waals surface area contributed by atoms with Crippen LogP contribution in [0.4, 0.5) is 5.69 Å². The SMILES string of the molecule is Cc1cc(CCl)ccc1N(C)CC1CCCN1C. The smallest absolute Gasteiger partial charge is 0.0474 e. The molecule has 1 aliphatic heterocycles. The monoisotopic (exact) mass is 266 g/mol. The minimum atomic E-state index is 0.593. The summed E-state index contributed by atoms with van der Waals surface area (Å²) in [5, 5.41) is 0. The highest BCUT2D eigenvalue weighted by Crippen LogP contribution is 2.23. The molecular formula is C15H23ClN2. The molecule has 0 amide bonds.